The maximum Gasteiger partial charge on any atom is 0.225 e. The predicted octanol–water partition coefficient (Wildman–Crippen LogP) is 1.99. The molecule has 98 valence electrons. The predicted molar refractivity (Wildman–Crippen MR) is 70.2 cm³/mol. The molecule has 2 aliphatic rings. The van der Waals surface area contributed by atoms with Crippen LogP contribution in [-0.4, -0.2) is 28.2 Å². The molecule has 1 aromatic rings. The molecule has 4 heteroatoms. The fourth-order valence-electron chi connectivity index (χ4n) is 3.38. The van der Waals surface area contributed by atoms with Crippen molar-refractivity contribution in [2.45, 2.75) is 38.7 Å². The molecule has 2 unspecified atom stereocenters. The van der Waals surface area contributed by atoms with Gasteiger partial charge in [0.1, 0.15) is 0 Å². The summed E-state index contributed by atoms with van der Waals surface area (Å²) in [6, 6.07) is 0. The van der Waals surface area contributed by atoms with Gasteiger partial charge in [-0.25, -0.2) is 9.97 Å². The van der Waals surface area contributed by atoms with Gasteiger partial charge in [-0.2, -0.15) is 0 Å². The molecule has 2 heterocycles. The van der Waals surface area contributed by atoms with Crippen molar-refractivity contribution in [1.29, 1.82) is 0 Å². The molecule has 1 aromatic heterocycles. The van der Waals surface area contributed by atoms with Crippen LogP contribution in [0.2, 0.25) is 0 Å². The van der Waals surface area contributed by atoms with Crippen molar-refractivity contribution >= 4 is 5.95 Å². The summed E-state index contributed by atoms with van der Waals surface area (Å²) in [6.07, 6.45) is 10.3. The van der Waals surface area contributed by atoms with Gasteiger partial charge in [0.15, 0.2) is 0 Å². The molecule has 18 heavy (non-hydrogen) atoms. The van der Waals surface area contributed by atoms with E-state index in [1.807, 2.05) is 0 Å². The molecule has 1 N–H and O–H groups in total. The Morgan fingerprint density at radius 1 is 1.11 bits per heavy atom. The van der Waals surface area contributed by atoms with Gasteiger partial charge < -0.3 is 10.0 Å². The van der Waals surface area contributed by atoms with E-state index in [1.165, 1.54) is 32.1 Å². The van der Waals surface area contributed by atoms with Gasteiger partial charge >= 0.3 is 0 Å². The molecular weight excluding hydrogens is 226 g/mol. The van der Waals surface area contributed by atoms with E-state index in [2.05, 4.69) is 14.9 Å². The summed E-state index contributed by atoms with van der Waals surface area (Å²) >= 11 is 0. The number of aliphatic hydroxyl groups is 1. The Kier molecular flexibility index (Phi) is 3.46. The maximum absolute atomic E-state index is 9.00. The summed E-state index contributed by atoms with van der Waals surface area (Å²) < 4.78 is 0. The van der Waals surface area contributed by atoms with E-state index in [9.17, 15) is 0 Å². The van der Waals surface area contributed by atoms with Crippen molar-refractivity contribution in [1.82, 2.24) is 9.97 Å². The van der Waals surface area contributed by atoms with E-state index >= 15 is 0 Å². The van der Waals surface area contributed by atoms with E-state index in [1.54, 1.807) is 12.4 Å². The van der Waals surface area contributed by atoms with Gasteiger partial charge in [0.2, 0.25) is 5.95 Å². The Hall–Kier alpha value is -1.16. The van der Waals surface area contributed by atoms with Crippen molar-refractivity contribution in [2.24, 2.45) is 11.8 Å². The summed E-state index contributed by atoms with van der Waals surface area (Å²) in [5.41, 5.74) is 0.784. The van der Waals surface area contributed by atoms with E-state index in [0.717, 1.165) is 36.4 Å². The second-order valence-corrected chi connectivity index (χ2v) is 5.59. The van der Waals surface area contributed by atoms with Gasteiger partial charge in [-0.1, -0.05) is 19.3 Å². The number of anilines is 1. The van der Waals surface area contributed by atoms with Crippen LogP contribution in [-0.2, 0) is 6.61 Å². The number of nitrogens with zero attached hydrogens (tertiary/aromatic N) is 3. The molecule has 1 saturated heterocycles. The van der Waals surface area contributed by atoms with Crippen LogP contribution in [0.5, 0.6) is 0 Å². The maximum atomic E-state index is 9.00. The average Bonchev–Trinajstić information content (AvgIpc) is 2.47. The zero-order valence-electron chi connectivity index (χ0n) is 10.8. The van der Waals surface area contributed by atoms with Gasteiger partial charge in [-0.3, -0.25) is 0 Å². The van der Waals surface area contributed by atoms with Crippen LogP contribution >= 0.6 is 0 Å². The molecule has 1 aliphatic heterocycles. The molecule has 1 saturated carbocycles. The number of hydrogen-bond acceptors (Lipinski definition) is 4. The van der Waals surface area contributed by atoms with E-state index in [0.29, 0.717) is 0 Å². The monoisotopic (exact) mass is 247 g/mol. The van der Waals surface area contributed by atoms with Crippen LogP contribution in [0.4, 0.5) is 5.95 Å². The standard InChI is InChI=1S/C14H21N3O/c18-10-11-7-15-14(16-8-11)17-6-5-12-3-1-2-4-13(12)9-17/h7-8,12-13,18H,1-6,9-10H2. The number of aromatic nitrogens is 2. The van der Waals surface area contributed by atoms with Gasteiger partial charge in [-0.05, 0) is 24.7 Å². The first-order chi connectivity index (χ1) is 8.86. The Bertz CT molecular complexity index is 393. The second kappa shape index (κ2) is 5.22. The van der Waals surface area contributed by atoms with Crippen LogP contribution in [0, 0.1) is 11.8 Å². The number of aliphatic hydroxyl groups excluding tert-OH is 1. The molecule has 0 aromatic carbocycles. The van der Waals surface area contributed by atoms with Crippen molar-refractivity contribution in [2.75, 3.05) is 18.0 Å². The second-order valence-electron chi connectivity index (χ2n) is 5.59. The van der Waals surface area contributed by atoms with Crippen molar-refractivity contribution in [3.8, 4) is 0 Å². The number of rotatable bonds is 2. The van der Waals surface area contributed by atoms with Crippen LogP contribution < -0.4 is 4.90 Å². The minimum atomic E-state index is 0.0188. The Morgan fingerprint density at radius 3 is 2.56 bits per heavy atom. The van der Waals surface area contributed by atoms with Gasteiger partial charge in [-0.15, -0.1) is 0 Å². The fraction of sp³-hybridized carbons (Fsp3) is 0.714. The SMILES string of the molecule is OCc1cnc(N2CCC3CCCCC3C2)nc1. The highest BCUT2D eigenvalue weighted by molar-refractivity contribution is 5.31. The number of hydrogen-bond donors (Lipinski definition) is 1. The molecule has 0 bridgehead atoms. The first-order valence-corrected chi connectivity index (χ1v) is 7.03. The summed E-state index contributed by atoms with van der Waals surface area (Å²) in [4.78, 5) is 11.0. The highest BCUT2D eigenvalue weighted by Gasteiger charge is 2.31. The van der Waals surface area contributed by atoms with Crippen molar-refractivity contribution in [3.63, 3.8) is 0 Å². The Labute approximate surface area is 108 Å². The summed E-state index contributed by atoms with van der Waals surface area (Å²) in [6.45, 7) is 2.22. The van der Waals surface area contributed by atoms with Crippen LogP contribution in [0.1, 0.15) is 37.7 Å². The number of fused-ring (bicyclic) bond motifs is 1. The molecule has 0 amide bonds. The molecule has 0 radical (unpaired) electrons. The summed E-state index contributed by atoms with van der Waals surface area (Å²) in [5, 5.41) is 9.00. The molecule has 2 fully saturated rings. The topological polar surface area (TPSA) is 49.3 Å². The quantitative estimate of drug-likeness (QED) is 0.868. The fourth-order valence-corrected chi connectivity index (χ4v) is 3.38. The first kappa shape index (κ1) is 11.9. The van der Waals surface area contributed by atoms with Gasteiger partial charge in [0.25, 0.3) is 0 Å². The average molecular weight is 247 g/mol. The largest absolute Gasteiger partial charge is 0.392 e. The molecule has 1 aliphatic carbocycles. The molecule has 4 nitrogen and oxygen atoms in total. The molecule has 2 atom stereocenters. The van der Waals surface area contributed by atoms with E-state index in [4.69, 9.17) is 5.11 Å². The Balaban J connectivity index is 1.69. The molecular formula is C14H21N3O. The summed E-state index contributed by atoms with van der Waals surface area (Å²) in [5.74, 6) is 2.61. The normalized spacial score (nSPS) is 27.9. The zero-order chi connectivity index (χ0) is 12.4. The Morgan fingerprint density at radius 2 is 1.83 bits per heavy atom. The van der Waals surface area contributed by atoms with Crippen LogP contribution in [0.25, 0.3) is 0 Å². The highest BCUT2D eigenvalue weighted by atomic mass is 16.3. The summed E-state index contributed by atoms with van der Waals surface area (Å²) in [7, 11) is 0. The third-order valence-corrected chi connectivity index (χ3v) is 4.45. The first-order valence-electron chi connectivity index (χ1n) is 7.03. The van der Waals surface area contributed by atoms with Crippen molar-refractivity contribution in [3.05, 3.63) is 18.0 Å². The third-order valence-electron chi connectivity index (χ3n) is 4.45. The highest BCUT2D eigenvalue weighted by Crippen LogP contribution is 2.36. The lowest BCUT2D eigenvalue weighted by molar-refractivity contribution is 0.201. The number of piperidine rings is 1. The lowest BCUT2D eigenvalue weighted by Gasteiger charge is -2.41. The minimum Gasteiger partial charge on any atom is -0.392 e. The van der Waals surface area contributed by atoms with E-state index < -0.39 is 0 Å². The van der Waals surface area contributed by atoms with Gasteiger partial charge in [0.05, 0.1) is 6.61 Å². The van der Waals surface area contributed by atoms with E-state index in [-0.39, 0.29) is 6.61 Å². The smallest absolute Gasteiger partial charge is 0.225 e. The molecule has 0 spiro atoms. The minimum absolute atomic E-state index is 0.0188. The van der Waals surface area contributed by atoms with Crippen LogP contribution in [0.3, 0.4) is 0 Å². The lowest BCUT2D eigenvalue weighted by atomic mass is 9.75. The molecule has 3 rings (SSSR count). The third kappa shape index (κ3) is 2.34. The van der Waals surface area contributed by atoms with Crippen molar-refractivity contribution < 1.29 is 5.11 Å². The zero-order valence-corrected chi connectivity index (χ0v) is 10.8. The lowest BCUT2D eigenvalue weighted by Crippen LogP contribution is -2.42. The van der Waals surface area contributed by atoms with Crippen LogP contribution in [0.15, 0.2) is 12.4 Å². The van der Waals surface area contributed by atoms with Gasteiger partial charge in [0, 0.05) is 31.0 Å².